The van der Waals surface area contributed by atoms with Gasteiger partial charge in [-0.3, -0.25) is 4.79 Å². The molecule has 0 N–H and O–H groups in total. The molecule has 1 atom stereocenters. The maximum atomic E-state index is 12.6. The van der Waals surface area contributed by atoms with Gasteiger partial charge in [0, 0.05) is 6.92 Å². The molecule has 76 valence electrons. The van der Waals surface area contributed by atoms with Crippen molar-refractivity contribution in [2.45, 2.75) is 26.4 Å². The summed E-state index contributed by atoms with van der Waals surface area (Å²) in [5.74, 6) is -0.604. The first kappa shape index (κ1) is 10.7. The first-order valence-electron chi connectivity index (χ1n) is 4.56. The third-order valence-corrected chi connectivity index (χ3v) is 1.92. The van der Waals surface area contributed by atoms with Crippen LogP contribution in [-0.4, -0.2) is 5.97 Å². The van der Waals surface area contributed by atoms with Crippen LogP contribution >= 0.6 is 0 Å². The Hall–Kier alpha value is -1.38. The second-order valence-corrected chi connectivity index (χ2v) is 3.06. The number of esters is 1. The third-order valence-electron chi connectivity index (χ3n) is 1.92. The SMILES string of the molecule is CCC(OC(C)=O)c1ccc(F)cc1. The van der Waals surface area contributed by atoms with Crippen LogP contribution < -0.4 is 0 Å². The highest BCUT2D eigenvalue weighted by atomic mass is 19.1. The molecule has 0 bridgehead atoms. The molecule has 1 unspecified atom stereocenters. The van der Waals surface area contributed by atoms with Gasteiger partial charge in [0.05, 0.1) is 0 Å². The van der Waals surface area contributed by atoms with Gasteiger partial charge in [-0.25, -0.2) is 4.39 Å². The maximum absolute atomic E-state index is 12.6. The molecule has 0 amide bonds. The monoisotopic (exact) mass is 196 g/mol. The quantitative estimate of drug-likeness (QED) is 0.695. The number of ether oxygens (including phenoxy) is 1. The molecule has 0 radical (unpaired) electrons. The molecule has 14 heavy (non-hydrogen) atoms. The van der Waals surface area contributed by atoms with Crippen LogP contribution in [0.4, 0.5) is 4.39 Å². The zero-order chi connectivity index (χ0) is 10.6. The molecule has 0 aliphatic carbocycles. The molecule has 0 fully saturated rings. The Kier molecular flexibility index (Phi) is 3.63. The summed E-state index contributed by atoms with van der Waals surface area (Å²) in [6.45, 7) is 3.28. The van der Waals surface area contributed by atoms with Crippen molar-refractivity contribution in [1.29, 1.82) is 0 Å². The Bertz CT molecular complexity index is 306. The van der Waals surface area contributed by atoms with Crippen LogP contribution in [-0.2, 0) is 9.53 Å². The number of hydrogen-bond donors (Lipinski definition) is 0. The molecular weight excluding hydrogens is 183 g/mol. The predicted molar refractivity (Wildman–Crippen MR) is 51.2 cm³/mol. The normalized spacial score (nSPS) is 12.2. The van der Waals surface area contributed by atoms with Crippen LogP contribution in [0.5, 0.6) is 0 Å². The number of halogens is 1. The summed E-state index contributed by atoms with van der Waals surface area (Å²) in [5, 5.41) is 0. The van der Waals surface area contributed by atoms with Crippen molar-refractivity contribution in [3.05, 3.63) is 35.6 Å². The van der Waals surface area contributed by atoms with E-state index >= 15 is 0 Å². The van der Waals surface area contributed by atoms with E-state index in [9.17, 15) is 9.18 Å². The van der Waals surface area contributed by atoms with Crippen LogP contribution in [0.3, 0.4) is 0 Å². The lowest BCUT2D eigenvalue weighted by Gasteiger charge is -2.14. The smallest absolute Gasteiger partial charge is 0.303 e. The lowest BCUT2D eigenvalue weighted by molar-refractivity contribution is -0.146. The first-order chi connectivity index (χ1) is 6.63. The van der Waals surface area contributed by atoms with Crippen molar-refractivity contribution in [1.82, 2.24) is 0 Å². The molecule has 0 heterocycles. The summed E-state index contributed by atoms with van der Waals surface area (Å²) in [5.41, 5.74) is 0.823. The molecule has 0 spiro atoms. The predicted octanol–water partition coefficient (Wildman–Crippen LogP) is 2.84. The van der Waals surface area contributed by atoms with Crippen molar-refractivity contribution >= 4 is 5.97 Å². The van der Waals surface area contributed by atoms with Gasteiger partial charge in [0.2, 0.25) is 0 Å². The summed E-state index contributed by atoms with van der Waals surface area (Å²) in [6.07, 6.45) is 0.415. The fraction of sp³-hybridized carbons (Fsp3) is 0.364. The molecule has 0 aliphatic heterocycles. The Labute approximate surface area is 82.7 Å². The van der Waals surface area contributed by atoms with Gasteiger partial charge in [-0.05, 0) is 24.1 Å². The molecule has 0 aromatic heterocycles. The molecule has 0 aliphatic rings. The van der Waals surface area contributed by atoms with Crippen molar-refractivity contribution < 1.29 is 13.9 Å². The van der Waals surface area contributed by atoms with Gasteiger partial charge >= 0.3 is 5.97 Å². The highest BCUT2D eigenvalue weighted by molar-refractivity contribution is 5.66. The minimum atomic E-state index is -0.318. The van der Waals surface area contributed by atoms with Crippen molar-refractivity contribution in [3.8, 4) is 0 Å². The van der Waals surface area contributed by atoms with E-state index in [4.69, 9.17) is 4.74 Å². The molecule has 2 nitrogen and oxygen atoms in total. The van der Waals surface area contributed by atoms with Crippen LogP contribution in [0.1, 0.15) is 31.9 Å². The molecule has 1 aromatic rings. The Balaban J connectivity index is 2.78. The van der Waals surface area contributed by atoms with E-state index in [-0.39, 0.29) is 17.9 Å². The fourth-order valence-corrected chi connectivity index (χ4v) is 1.26. The third kappa shape index (κ3) is 2.83. The van der Waals surface area contributed by atoms with Crippen LogP contribution in [0.15, 0.2) is 24.3 Å². The van der Waals surface area contributed by atoms with Gasteiger partial charge in [-0.1, -0.05) is 19.1 Å². The van der Waals surface area contributed by atoms with E-state index in [1.54, 1.807) is 12.1 Å². The average molecular weight is 196 g/mol. The molecule has 0 saturated heterocycles. The number of carbonyl (C=O) groups excluding carboxylic acids is 1. The minimum absolute atomic E-state index is 0.270. The summed E-state index contributed by atoms with van der Waals surface area (Å²) in [6, 6.07) is 5.99. The first-order valence-corrected chi connectivity index (χ1v) is 4.56. The summed E-state index contributed by atoms with van der Waals surface area (Å²) in [7, 11) is 0. The highest BCUT2D eigenvalue weighted by Gasteiger charge is 2.11. The lowest BCUT2D eigenvalue weighted by Crippen LogP contribution is -2.07. The van der Waals surface area contributed by atoms with Crippen molar-refractivity contribution in [2.75, 3.05) is 0 Å². The molecule has 1 aromatic carbocycles. The van der Waals surface area contributed by atoms with E-state index in [1.165, 1.54) is 19.1 Å². The highest BCUT2D eigenvalue weighted by Crippen LogP contribution is 2.21. The van der Waals surface area contributed by atoms with Gasteiger partial charge in [0.25, 0.3) is 0 Å². The van der Waals surface area contributed by atoms with Crippen LogP contribution in [0, 0.1) is 5.82 Å². The Morgan fingerprint density at radius 1 is 1.43 bits per heavy atom. The van der Waals surface area contributed by atoms with Gasteiger partial charge in [0.1, 0.15) is 11.9 Å². The number of benzene rings is 1. The van der Waals surface area contributed by atoms with Crippen LogP contribution in [0.25, 0.3) is 0 Å². The summed E-state index contributed by atoms with van der Waals surface area (Å²) >= 11 is 0. The standard InChI is InChI=1S/C11H13FO2/c1-3-11(14-8(2)13)9-4-6-10(12)7-5-9/h4-7,11H,3H2,1-2H3. The second-order valence-electron chi connectivity index (χ2n) is 3.06. The molecule has 1 rings (SSSR count). The fourth-order valence-electron chi connectivity index (χ4n) is 1.26. The van der Waals surface area contributed by atoms with Gasteiger partial charge in [-0.2, -0.15) is 0 Å². The van der Waals surface area contributed by atoms with Crippen LogP contribution in [0.2, 0.25) is 0 Å². The second kappa shape index (κ2) is 4.74. The van der Waals surface area contributed by atoms with Gasteiger partial charge in [-0.15, -0.1) is 0 Å². The number of rotatable bonds is 3. The summed E-state index contributed by atoms with van der Waals surface area (Å²) < 4.78 is 17.7. The van der Waals surface area contributed by atoms with Crippen molar-refractivity contribution in [3.63, 3.8) is 0 Å². The van der Waals surface area contributed by atoms with Gasteiger partial charge < -0.3 is 4.74 Å². The number of carbonyl (C=O) groups is 1. The Morgan fingerprint density at radius 2 is 2.00 bits per heavy atom. The van der Waals surface area contributed by atoms with E-state index in [0.29, 0.717) is 6.42 Å². The van der Waals surface area contributed by atoms with E-state index < -0.39 is 0 Å². The summed E-state index contributed by atoms with van der Waals surface area (Å²) in [4.78, 5) is 10.8. The molecular formula is C11H13FO2. The molecule has 3 heteroatoms. The number of hydrogen-bond acceptors (Lipinski definition) is 2. The molecule has 0 saturated carbocycles. The Morgan fingerprint density at radius 3 is 2.43 bits per heavy atom. The topological polar surface area (TPSA) is 26.3 Å². The van der Waals surface area contributed by atoms with Crippen molar-refractivity contribution in [2.24, 2.45) is 0 Å². The largest absolute Gasteiger partial charge is 0.458 e. The minimum Gasteiger partial charge on any atom is -0.458 e. The average Bonchev–Trinajstić information content (AvgIpc) is 2.15. The van der Waals surface area contributed by atoms with E-state index in [1.807, 2.05) is 6.92 Å². The van der Waals surface area contributed by atoms with Gasteiger partial charge in [0.15, 0.2) is 0 Å². The zero-order valence-electron chi connectivity index (χ0n) is 8.29. The maximum Gasteiger partial charge on any atom is 0.303 e. The zero-order valence-corrected chi connectivity index (χ0v) is 8.29. The lowest BCUT2D eigenvalue weighted by atomic mass is 10.1. The van der Waals surface area contributed by atoms with E-state index in [0.717, 1.165) is 5.56 Å². The van der Waals surface area contributed by atoms with E-state index in [2.05, 4.69) is 0 Å².